The van der Waals surface area contributed by atoms with Crippen LogP contribution < -0.4 is 9.46 Å². The molecule has 1 saturated heterocycles. The zero-order valence-corrected chi connectivity index (χ0v) is 16.6. The van der Waals surface area contributed by atoms with Crippen molar-refractivity contribution < 1.29 is 22.7 Å². The molecule has 1 aromatic rings. The van der Waals surface area contributed by atoms with E-state index in [1.165, 1.54) is 13.2 Å². The molecule has 1 heterocycles. The lowest BCUT2D eigenvalue weighted by Gasteiger charge is -2.31. The van der Waals surface area contributed by atoms with E-state index in [9.17, 15) is 13.2 Å². The van der Waals surface area contributed by atoms with Crippen LogP contribution in [-0.4, -0.2) is 58.7 Å². The minimum Gasteiger partial charge on any atom is -0.497 e. The van der Waals surface area contributed by atoms with Gasteiger partial charge in [0.15, 0.2) is 0 Å². The number of amides is 1. The van der Waals surface area contributed by atoms with E-state index in [0.29, 0.717) is 44.0 Å². The Labute approximate surface area is 155 Å². The van der Waals surface area contributed by atoms with Gasteiger partial charge >= 0.3 is 0 Å². The van der Waals surface area contributed by atoms with Gasteiger partial charge in [0.05, 0.1) is 25.2 Å². The Kier molecular flexibility index (Phi) is 7.02. The molecule has 2 rings (SSSR count). The van der Waals surface area contributed by atoms with Crippen LogP contribution in [0, 0.1) is 12.8 Å². The summed E-state index contributed by atoms with van der Waals surface area (Å²) in [4.78, 5) is 14.7. The van der Waals surface area contributed by atoms with Crippen LogP contribution in [-0.2, 0) is 19.6 Å². The summed E-state index contributed by atoms with van der Waals surface area (Å²) in [6.45, 7) is 7.56. The van der Waals surface area contributed by atoms with E-state index in [2.05, 4.69) is 4.72 Å². The summed E-state index contributed by atoms with van der Waals surface area (Å²) in [5, 5.41) is 0. The summed E-state index contributed by atoms with van der Waals surface area (Å²) in [6.07, 6.45) is 0.435. The lowest BCUT2D eigenvalue weighted by atomic mass is 10.0. The first-order valence-corrected chi connectivity index (χ1v) is 10.3. The van der Waals surface area contributed by atoms with E-state index in [4.69, 9.17) is 9.47 Å². The summed E-state index contributed by atoms with van der Waals surface area (Å²) in [6, 6.07) is 3.97. The summed E-state index contributed by atoms with van der Waals surface area (Å²) in [5.74, 6) is 0.561. The predicted molar refractivity (Wildman–Crippen MR) is 98.7 cm³/mol. The number of hydrogen-bond acceptors (Lipinski definition) is 5. The molecule has 0 bridgehead atoms. The highest BCUT2D eigenvalue weighted by molar-refractivity contribution is 7.89. The number of carbonyl (C=O) groups excluding carboxylic acids is 1. The monoisotopic (exact) mass is 384 g/mol. The van der Waals surface area contributed by atoms with Crippen molar-refractivity contribution in [3.8, 4) is 5.75 Å². The Morgan fingerprint density at radius 2 is 1.96 bits per heavy atom. The zero-order valence-electron chi connectivity index (χ0n) is 15.8. The third kappa shape index (κ3) is 5.18. The van der Waals surface area contributed by atoms with Crippen molar-refractivity contribution in [3.05, 3.63) is 23.8 Å². The topological polar surface area (TPSA) is 84.9 Å². The molecule has 0 spiro atoms. The SMILES string of the molecule is COc1ccc(S(=O)(=O)N[C@@H](CC(C)C)C(=O)N2CCOCC2)c(C)c1. The maximum Gasteiger partial charge on any atom is 0.241 e. The summed E-state index contributed by atoms with van der Waals surface area (Å²) in [5.41, 5.74) is 0.568. The summed E-state index contributed by atoms with van der Waals surface area (Å²) >= 11 is 0. The number of carbonyl (C=O) groups is 1. The van der Waals surface area contributed by atoms with Gasteiger partial charge in [0.2, 0.25) is 15.9 Å². The van der Waals surface area contributed by atoms with Gasteiger partial charge in [-0.1, -0.05) is 13.8 Å². The number of methoxy groups -OCH3 is 1. The zero-order chi connectivity index (χ0) is 19.3. The smallest absolute Gasteiger partial charge is 0.241 e. The highest BCUT2D eigenvalue weighted by Gasteiger charge is 2.31. The third-order valence-corrected chi connectivity index (χ3v) is 5.93. The minimum atomic E-state index is -3.83. The van der Waals surface area contributed by atoms with E-state index in [1.807, 2.05) is 13.8 Å². The minimum absolute atomic E-state index is 0.154. The highest BCUT2D eigenvalue weighted by atomic mass is 32.2. The molecule has 1 aromatic carbocycles. The van der Waals surface area contributed by atoms with Gasteiger partial charge in [-0.25, -0.2) is 8.42 Å². The van der Waals surface area contributed by atoms with Gasteiger partial charge in [-0.15, -0.1) is 0 Å². The average Bonchev–Trinajstić information content (AvgIpc) is 2.60. The van der Waals surface area contributed by atoms with Crippen LogP contribution in [0.15, 0.2) is 23.1 Å². The first kappa shape index (κ1) is 20.7. The number of aryl methyl sites for hydroxylation is 1. The number of rotatable bonds is 7. The van der Waals surface area contributed by atoms with E-state index >= 15 is 0 Å². The Balaban J connectivity index is 2.24. The second-order valence-corrected chi connectivity index (χ2v) is 8.55. The second kappa shape index (κ2) is 8.83. The van der Waals surface area contributed by atoms with Crippen molar-refractivity contribution in [2.45, 2.75) is 38.1 Å². The maximum atomic E-state index is 12.9. The second-order valence-electron chi connectivity index (χ2n) is 6.87. The maximum absolute atomic E-state index is 12.9. The molecule has 26 heavy (non-hydrogen) atoms. The quantitative estimate of drug-likeness (QED) is 0.771. The molecule has 1 fully saturated rings. The molecule has 7 nitrogen and oxygen atoms in total. The molecule has 1 atom stereocenters. The molecule has 1 aliphatic rings. The van der Waals surface area contributed by atoms with Crippen LogP contribution in [0.25, 0.3) is 0 Å². The van der Waals surface area contributed by atoms with Gasteiger partial charge in [0.25, 0.3) is 0 Å². The van der Waals surface area contributed by atoms with Gasteiger partial charge in [-0.3, -0.25) is 4.79 Å². The van der Waals surface area contributed by atoms with Crippen LogP contribution in [0.5, 0.6) is 5.75 Å². The van der Waals surface area contributed by atoms with Crippen molar-refractivity contribution in [1.29, 1.82) is 0 Å². The molecular formula is C18H28N2O5S. The van der Waals surface area contributed by atoms with Crippen LogP contribution in [0.4, 0.5) is 0 Å². The third-order valence-electron chi connectivity index (χ3n) is 4.30. The molecule has 1 aliphatic heterocycles. The number of benzene rings is 1. The van der Waals surface area contributed by atoms with Crippen molar-refractivity contribution in [1.82, 2.24) is 9.62 Å². The van der Waals surface area contributed by atoms with E-state index in [-0.39, 0.29) is 16.7 Å². The molecule has 0 unspecified atom stereocenters. The summed E-state index contributed by atoms with van der Waals surface area (Å²) in [7, 11) is -2.30. The Bertz CT molecular complexity index is 727. The van der Waals surface area contributed by atoms with Crippen LogP contribution in [0.1, 0.15) is 25.8 Å². The van der Waals surface area contributed by atoms with Gasteiger partial charge in [0, 0.05) is 13.1 Å². The van der Waals surface area contributed by atoms with E-state index < -0.39 is 16.1 Å². The van der Waals surface area contributed by atoms with Gasteiger partial charge in [-0.05, 0) is 43.0 Å². The number of nitrogens with zero attached hydrogens (tertiary/aromatic N) is 1. The first-order valence-electron chi connectivity index (χ1n) is 8.78. The fourth-order valence-electron chi connectivity index (χ4n) is 2.98. The van der Waals surface area contributed by atoms with Crippen LogP contribution in [0.3, 0.4) is 0 Å². The Morgan fingerprint density at radius 1 is 1.31 bits per heavy atom. The van der Waals surface area contributed by atoms with Crippen LogP contribution >= 0.6 is 0 Å². The fraction of sp³-hybridized carbons (Fsp3) is 0.611. The van der Waals surface area contributed by atoms with Crippen molar-refractivity contribution in [2.24, 2.45) is 5.92 Å². The fourth-order valence-corrected chi connectivity index (χ4v) is 4.40. The molecule has 0 aromatic heterocycles. The molecule has 1 amide bonds. The average molecular weight is 384 g/mol. The molecule has 0 saturated carbocycles. The molecule has 0 radical (unpaired) electrons. The number of morpholine rings is 1. The van der Waals surface area contributed by atoms with Gasteiger partial charge in [0.1, 0.15) is 11.8 Å². The molecule has 0 aliphatic carbocycles. The normalized spacial score (nSPS) is 16.6. The summed E-state index contributed by atoms with van der Waals surface area (Å²) < 4.78 is 38.8. The highest BCUT2D eigenvalue weighted by Crippen LogP contribution is 2.22. The van der Waals surface area contributed by atoms with Crippen LogP contribution in [0.2, 0.25) is 0 Å². The Morgan fingerprint density at radius 3 is 2.50 bits per heavy atom. The molecule has 8 heteroatoms. The van der Waals surface area contributed by atoms with Crippen molar-refractivity contribution >= 4 is 15.9 Å². The lowest BCUT2D eigenvalue weighted by Crippen LogP contribution is -2.52. The largest absolute Gasteiger partial charge is 0.497 e. The van der Waals surface area contributed by atoms with E-state index in [1.54, 1.807) is 24.0 Å². The van der Waals surface area contributed by atoms with Gasteiger partial charge < -0.3 is 14.4 Å². The predicted octanol–water partition coefficient (Wildman–Crippen LogP) is 1.56. The number of sulfonamides is 1. The van der Waals surface area contributed by atoms with E-state index in [0.717, 1.165) is 0 Å². The number of ether oxygens (including phenoxy) is 2. The van der Waals surface area contributed by atoms with Crippen molar-refractivity contribution in [2.75, 3.05) is 33.4 Å². The molecule has 146 valence electrons. The standard InChI is InChI=1S/C18H28N2O5S/c1-13(2)11-16(18(21)20-7-9-25-10-8-20)19-26(22,23)17-6-5-15(24-4)12-14(17)3/h5-6,12-13,16,19H,7-11H2,1-4H3/t16-/m0/s1. The van der Waals surface area contributed by atoms with Crippen molar-refractivity contribution in [3.63, 3.8) is 0 Å². The Hall–Kier alpha value is -1.64. The molecule has 1 N–H and O–H groups in total. The number of hydrogen-bond donors (Lipinski definition) is 1. The molecular weight excluding hydrogens is 356 g/mol. The lowest BCUT2D eigenvalue weighted by molar-refractivity contribution is -0.137. The van der Waals surface area contributed by atoms with Gasteiger partial charge in [-0.2, -0.15) is 4.72 Å². The number of nitrogens with one attached hydrogen (secondary N) is 1. The first-order chi connectivity index (χ1) is 12.2.